The molecule has 13 heteroatoms. The van der Waals surface area contributed by atoms with Crippen molar-refractivity contribution in [3.8, 4) is 34.5 Å². The van der Waals surface area contributed by atoms with E-state index in [1.54, 1.807) is 18.2 Å². The second-order valence-corrected chi connectivity index (χ2v) is 16.8. The Morgan fingerprint density at radius 2 is 0.930 bits per heavy atom. The van der Waals surface area contributed by atoms with Crippen LogP contribution < -0.4 is 14.6 Å². The summed E-state index contributed by atoms with van der Waals surface area (Å²) in [6.45, 7) is 4.43. The Labute approximate surface area is 370 Å². The quantitative estimate of drug-likeness (QED) is 0.0392. The van der Waals surface area contributed by atoms with E-state index in [9.17, 15) is 36.2 Å². The van der Waals surface area contributed by atoms with Crippen LogP contribution in [0.3, 0.4) is 0 Å². The number of rotatable bonds is 24. The van der Waals surface area contributed by atoms with Crippen molar-refractivity contribution in [2.45, 2.75) is 139 Å². The van der Waals surface area contributed by atoms with Crippen molar-refractivity contribution in [2.24, 2.45) is 0 Å². The van der Waals surface area contributed by atoms with E-state index in [0.29, 0.717) is 11.5 Å². The molecule has 0 saturated carbocycles. The molecule has 10 nitrogen and oxygen atoms in total. The Morgan fingerprint density at radius 1 is 0.526 bits per heavy atom. The average molecular weight is 851 g/mol. The van der Waals surface area contributed by atoms with Gasteiger partial charge in [0.1, 0.15) is 27.4 Å². The van der Waals surface area contributed by atoms with Gasteiger partial charge in [0, 0.05) is 6.07 Å². The van der Waals surface area contributed by atoms with Crippen LogP contribution >= 0.6 is 0 Å². The van der Waals surface area contributed by atoms with Crippen LogP contribution in [0.4, 0.5) is 0 Å². The van der Waals surface area contributed by atoms with Gasteiger partial charge in [0.25, 0.3) is 10.1 Å². The Balaban J connectivity index is 0.000000387. The molecule has 0 aromatic heterocycles. The summed E-state index contributed by atoms with van der Waals surface area (Å²) in [4.78, 5) is -0.788. The predicted molar refractivity (Wildman–Crippen MR) is 223 cm³/mol. The van der Waals surface area contributed by atoms with Gasteiger partial charge in [-0.2, -0.15) is 8.42 Å². The molecule has 57 heavy (non-hydrogen) atoms. The van der Waals surface area contributed by atoms with Crippen LogP contribution in [0.2, 0.25) is 0 Å². The normalized spacial score (nSPS) is 11.3. The zero-order valence-electron chi connectivity index (χ0n) is 33.5. The molecule has 0 bridgehead atoms. The molecule has 0 saturated heterocycles. The number of phenols is 1. The molecular weight excluding hydrogens is 793 g/mol. The second kappa shape index (κ2) is 27.0. The number of aromatic hydroxyl groups is 1. The van der Waals surface area contributed by atoms with Crippen molar-refractivity contribution in [3.05, 3.63) is 96.1 Å². The van der Waals surface area contributed by atoms with Gasteiger partial charge in [0.2, 0.25) is 0 Å². The molecular formula is C44H58CaO10S2. The van der Waals surface area contributed by atoms with Crippen LogP contribution in [0.25, 0.3) is 0 Å². The number of unbranched alkanes of at least 4 members (excludes halogenated alkanes) is 14. The fraction of sp³-hybridized carbons (Fsp3) is 0.455. The first-order valence-corrected chi connectivity index (χ1v) is 22.8. The number of hydrogen-bond donors (Lipinski definition) is 2. The Hall–Kier alpha value is -2.84. The molecule has 0 atom stereocenters. The maximum atomic E-state index is 12.0. The first kappa shape index (κ1) is 50.3. The third kappa shape index (κ3) is 19.2. The first-order chi connectivity index (χ1) is 26.8. The summed E-state index contributed by atoms with van der Waals surface area (Å²) in [5.41, 5.74) is 1.97. The molecule has 0 heterocycles. The smallest absolute Gasteiger partial charge is 0.870 e. The van der Waals surface area contributed by atoms with E-state index in [-0.39, 0.29) is 59.9 Å². The van der Waals surface area contributed by atoms with Crippen LogP contribution in [0, 0.1) is 0 Å². The largest absolute Gasteiger partial charge is 2.00 e. The molecule has 0 fully saturated rings. The van der Waals surface area contributed by atoms with Gasteiger partial charge in [-0.15, -0.1) is 0 Å². The zero-order valence-corrected chi connectivity index (χ0v) is 37.3. The molecule has 4 rings (SSSR count). The van der Waals surface area contributed by atoms with Crippen molar-refractivity contribution in [3.63, 3.8) is 0 Å². The molecule has 0 aliphatic carbocycles. The SMILES string of the molecule is CCCCCCCCCCc1ccccc1Oc1cc(S(=O)(=O)O)ccc1O.CCCCCCCCCCc1ccccc1Oc1cc(S(=O)(=O)[O-])ccc1[O-].[Ca+2]. The molecule has 308 valence electrons. The third-order valence-electron chi connectivity index (χ3n) is 9.42. The minimum atomic E-state index is -4.64. The van der Waals surface area contributed by atoms with Crippen molar-refractivity contribution in [1.82, 2.24) is 0 Å². The molecule has 0 spiro atoms. The standard InChI is InChI=1S/2C22H30O5S.Ca/c2*1-2-3-4-5-6-7-8-9-12-18-13-10-11-14-21(18)27-22-17-19(28(24,25)26)15-16-20(22)23;/h2*10-11,13-17,23H,2-9,12H2,1H3,(H,24,25,26);/q;;+2/p-2. The molecule has 0 radical (unpaired) electrons. The first-order valence-electron chi connectivity index (χ1n) is 19.9. The van der Waals surface area contributed by atoms with Crippen molar-refractivity contribution in [1.29, 1.82) is 0 Å². The molecule has 0 unspecified atom stereocenters. The second-order valence-electron chi connectivity index (χ2n) is 14.0. The minimum Gasteiger partial charge on any atom is -0.870 e. The van der Waals surface area contributed by atoms with E-state index in [0.717, 1.165) is 80.0 Å². The predicted octanol–water partition coefficient (Wildman–Crippen LogP) is 10.9. The number of phenolic OH excluding ortho intramolecular Hbond substituents is 1. The number of aryl methyl sites for hydroxylation is 2. The summed E-state index contributed by atoms with van der Waals surface area (Å²) < 4.78 is 76.9. The van der Waals surface area contributed by atoms with E-state index < -0.39 is 30.9 Å². The van der Waals surface area contributed by atoms with Crippen LogP contribution in [-0.2, 0) is 33.1 Å². The molecule has 4 aromatic rings. The minimum absolute atomic E-state index is 0. The zero-order chi connectivity index (χ0) is 40.8. The van der Waals surface area contributed by atoms with Gasteiger partial charge < -0.3 is 24.2 Å². The summed E-state index contributed by atoms with van der Waals surface area (Å²) in [6, 6.07) is 21.4. The number of ether oxygens (including phenoxy) is 2. The van der Waals surface area contributed by atoms with Crippen molar-refractivity contribution in [2.75, 3.05) is 0 Å². The van der Waals surface area contributed by atoms with Gasteiger partial charge in [0.05, 0.1) is 9.79 Å². The molecule has 4 aromatic carbocycles. The molecule has 2 N–H and O–H groups in total. The third-order valence-corrected chi connectivity index (χ3v) is 11.1. The maximum Gasteiger partial charge on any atom is 2.00 e. The summed E-state index contributed by atoms with van der Waals surface area (Å²) in [7, 11) is -9.01. The summed E-state index contributed by atoms with van der Waals surface area (Å²) in [5, 5.41) is 22.0. The van der Waals surface area contributed by atoms with Gasteiger partial charge in [-0.1, -0.05) is 152 Å². The Kier molecular flexibility index (Phi) is 23.8. The van der Waals surface area contributed by atoms with Gasteiger partial charge >= 0.3 is 37.7 Å². The summed E-state index contributed by atoms with van der Waals surface area (Å²) in [5.74, 6) is 0.290. The number of hydrogen-bond acceptors (Lipinski definition) is 9. The maximum absolute atomic E-state index is 12.0. The summed E-state index contributed by atoms with van der Waals surface area (Å²) in [6.07, 6.45) is 21.4. The Morgan fingerprint density at radius 3 is 1.39 bits per heavy atom. The van der Waals surface area contributed by atoms with Gasteiger partial charge in [-0.25, -0.2) is 8.42 Å². The average Bonchev–Trinajstić information content (AvgIpc) is 3.16. The van der Waals surface area contributed by atoms with Crippen LogP contribution in [0.15, 0.2) is 94.7 Å². The molecule has 0 amide bonds. The molecule has 0 aliphatic heterocycles. The Bertz CT molecular complexity index is 1840. The fourth-order valence-corrected chi connectivity index (χ4v) is 7.20. The monoisotopic (exact) mass is 850 g/mol. The summed E-state index contributed by atoms with van der Waals surface area (Å²) >= 11 is 0. The van der Waals surface area contributed by atoms with Crippen molar-refractivity contribution < 1.29 is 45.6 Å². The van der Waals surface area contributed by atoms with Crippen LogP contribution in [0.1, 0.15) is 128 Å². The van der Waals surface area contributed by atoms with E-state index in [1.807, 2.05) is 30.3 Å². The van der Waals surface area contributed by atoms with Crippen LogP contribution in [0.5, 0.6) is 34.5 Å². The number of para-hydroxylation sites is 2. The van der Waals surface area contributed by atoms with E-state index >= 15 is 0 Å². The van der Waals surface area contributed by atoms with Crippen LogP contribution in [-0.4, -0.2) is 68.8 Å². The van der Waals surface area contributed by atoms with Gasteiger partial charge in [-0.05, 0) is 73.2 Å². The number of benzene rings is 4. The van der Waals surface area contributed by atoms with Crippen molar-refractivity contribution >= 4 is 58.0 Å². The van der Waals surface area contributed by atoms with Gasteiger partial charge in [0.15, 0.2) is 11.5 Å². The van der Waals surface area contributed by atoms with E-state index in [1.165, 1.54) is 83.1 Å². The van der Waals surface area contributed by atoms with Gasteiger partial charge in [-0.3, -0.25) is 4.55 Å². The molecule has 0 aliphatic rings. The fourth-order valence-electron chi connectivity index (χ4n) is 6.22. The topological polar surface area (TPSA) is 173 Å². The van der Waals surface area contributed by atoms with E-state index in [4.69, 9.17) is 9.47 Å². The van der Waals surface area contributed by atoms with E-state index in [2.05, 4.69) is 13.8 Å².